The van der Waals surface area contributed by atoms with Crippen LogP contribution in [0.3, 0.4) is 0 Å². The van der Waals surface area contributed by atoms with Gasteiger partial charge in [0.05, 0.1) is 0 Å². The van der Waals surface area contributed by atoms with Crippen molar-refractivity contribution in [2.75, 3.05) is 0 Å². The second-order valence-electron chi connectivity index (χ2n) is 5.80. The van der Waals surface area contributed by atoms with E-state index in [1.165, 1.54) is 32.2 Å². The zero-order valence-electron chi connectivity index (χ0n) is 13.6. The van der Waals surface area contributed by atoms with Crippen molar-refractivity contribution < 1.29 is 12.4 Å². The fourth-order valence-electron chi connectivity index (χ4n) is 3.29. The van der Waals surface area contributed by atoms with Gasteiger partial charge in [-0.05, 0) is 42.1 Å². The maximum atomic E-state index is 3.54. The number of hydrogen-bond acceptors (Lipinski definition) is 2. The number of aryl methyl sites for hydroxylation is 1. The van der Waals surface area contributed by atoms with E-state index in [1.807, 2.05) is 0 Å². The predicted octanol–water partition coefficient (Wildman–Crippen LogP) is 2.17. The standard InChI is InChI=1S/C20H20N2S.ClH/c1-2-22-19-8-4-3-7-17(19)18-12-15(9-10-20(18)22)13-21-14-16-6-5-11-23-16;/h3-12,21H,2,13-14H2,1H3;1H/p-1. The Morgan fingerprint density at radius 1 is 0.917 bits per heavy atom. The van der Waals surface area contributed by atoms with Crippen LogP contribution in [0.15, 0.2) is 60.0 Å². The van der Waals surface area contributed by atoms with Gasteiger partial charge in [-0.3, -0.25) is 0 Å². The largest absolute Gasteiger partial charge is 1.00 e. The predicted molar refractivity (Wildman–Crippen MR) is 100.0 cm³/mol. The zero-order chi connectivity index (χ0) is 15.6. The molecule has 0 aliphatic carbocycles. The van der Waals surface area contributed by atoms with Crippen molar-refractivity contribution in [3.63, 3.8) is 0 Å². The summed E-state index contributed by atoms with van der Waals surface area (Å²) in [5.74, 6) is 0. The Morgan fingerprint density at radius 2 is 1.75 bits per heavy atom. The highest BCUT2D eigenvalue weighted by molar-refractivity contribution is 7.09. The number of nitrogens with zero attached hydrogens (tertiary/aromatic N) is 1. The van der Waals surface area contributed by atoms with Gasteiger partial charge < -0.3 is 22.3 Å². The minimum Gasteiger partial charge on any atom is -1.00 e. The van der Waals surface area contributed by atoms with Gasteiger partial charge in [-0.2, -0.15) is 0 Å². The summed E-state index contributed by atoms with van der Waals surface area (Å²) < 4.78 is 2.40. The molecule has 2 heterocycles. The molecule has 0 radical (unpaired) electrons. The molecule has 0 saturated carbocycles. The quantitative estimate of drug-likeness (QED) is 0.580. The molecule has 0 fully saturated rings. The first-order chi connectivity index (χ1) is 11.4. The number of para-hydroxylation sites is 1. The second kappa shape index (κ2) is 7.39. The Balaban J connectivity index is 0.00000169. The number of nitrogens with one attached hydrogen (secondary N) is 1. The summed E-state index contributed by atoms with van der Waals surface area (Å²) in [7, 11) is 0. The fourth-order valence-corrected chi connectivity index (χ4v) is 3.97. The fraction of sp³-hybridized carbons (Fsp3) is 0.200. The molecule has 4 aromatic rings. The van der Waals surface area contributed by atoms with Crippen molar-refractivity contribution in [2.24, 2.45) is 0 Å². The molecule has 0 unspecified atom stereocenters. The van der Waals surface area contributed by atoms with Gasteiger partial charge in [0.25, 0.3) is 0 Å². The molecule has 2 aromatic carbocycles. The third-order valence-electron chi connectivity index (χ3n) is 4.36. The Morgan fingerprint density at radius 3 is 2.54 bits per heavy atom. The molecule has 4 rings (SSSR count). The molecule has 0 saturated heterocycles. The number of rotatable bonds is 5. The van der Waals surface area contributed by atoms with Gasteiger partial charge in [0.2, 0.25) is 0 Å². The summed E-state index contributed by atoms with van der Waals surface area (Å²) >= 11 is 1.80. The Hall–Kier alpha value is -1.81. The lowest BCUT2D eigenvalue weighted by Gasteiger charge is -2.06. The van der Waals surface area contributed by atoms with E-state index in [-0.39, 0.29) is 12.4 Å². The van der Waals surface area contributed by atoms with Gasteiger partial charge in [-0.15, -0.1) is 11.3 Å². The molecular formula is C20H20ClN2S-. The minimum absolute atomic E-state index is 0. The van der Waals surface area contributed by atoms with Gasteiger partial charge in [-0.1, -0.05) is 30.3 Å². The topological polar surface area (TPSA) is 17.0 Å². The van der Waals surface area contributed by atoms with Gasteiger partial charge >= 0.3 is 0 Å². The summed E-state index contributed by atoms with van der Waals surface area (Å²) in [5.41, 5.74) is 4.00. The van der Waals surface area contributed by atoms with Crippen molar-refractivity contribution >= 4 is 33.1 Å². The van der Waals surface area contributed by atoms with Crippen LogP contribution >= 0.6 is 11.3 Å². The normalized spacial score (nSPS) is 11.0. The van der Waals surface area contributed by atoms with Crippen molar-refractivity contribution in [1.29, 1.82) is 0 Å². The number of halogens is 1. The number of aromatic nitrogens is 1. The van der Waals surface area contributed by atoms with Crippen LogP contribution in [0.1, 0.15) is 17.4 Å². The molecule has 0 amide bonds. The van der Waals surface area contributed by atoms with Gasteiger partial charge in [-0.25, -0.2) is 0 Å². The van der Waals surface area contributed by atoms with E-state index in [4.69, 9.17) is 0 Å². The monoisotopic (exact) mass is 355 g/mol. The van der Waals surface area contributed by atoms with Gasteiger partial charge in [0.1, 0.15) is 0 Å². The average Bonchev–Trinajstić information content (AvgIpc) is 3.20. The second-order valence-corrected chi connectivity index (χ2v) is 6.83. The maximum absolute atomic E-state index is 3.54. The Labute approximate surface area is 152 Å². The Bertz CT molecular complexity index is 941. The summed E-state index contributed by atoms with van der Waals surface area (Å²) in [6, 6.07) is 19.8. The molecule has 0 aliphatic rings. The summed E-state index contributed by atoms with van der Waals surface area (Å²) in [4.78, 5) is 1.38. The van der Waals surface area contributed by atoms with Crippen molar-refractivity contribution in [3.05, 3.63) is 70.4 Å². The lowest BCUT2D eigenvalue weighted by Crippen LogP contribution is -3.00. The molecule has 1 N–H and O–H groups in total. The summed E-state index contributed by atoms with van der Waals surface area (Å²) in [6.07, 6.45) is 0. The minimum atomic E-state index is 0. The molecule has 0 atom stereocenters. The van der Waals surface area contributed by atoms with Crippen molar-refractivity contribution in [1.82, 2.24) is 9.88 Å². The number of fused-ring (bicyclic) bond motifs is 3. The van der Waals surface area contributed by atoms with E-state index in [9.17, 15) is 0 Å². The van der Waals surface area contributed by atoms with E-state index in [1.54, 1.807) is 11.3 Å². The van der Waals surface area contributed by atoms with Crippen LogP contribution < -0.4 is 17.7 Å². The highest BCUT2D eigenvalue weighted by Gasteiger charge is 2.09. The van der Waals surface area contributed by atoms with E-state index in [0.29, 0.717) is 0 Å². The lowest BCUT2D eigenvalue weighted by molar-refractivity contribution is -0.00000451. The molecule has 0 spiro atoms. The molecule has 2 aromatic heterocycles. The highest BCUT2D eigenvalue weighted by Crippen LogP contribution is 2.29. The van der Waals surface area contributed by atoms with Crippen LogP contribution in [-0.4, -0.2) is 4.57 Å². The molecule has 0 bridgehead atoms. The zero-order valence-corrected chi connectivity index (χ0v) is 15.2. The number of hydrogen-bond donors (Lipinski definition) is 1. The van der Waals surface area contributed by atoms with Crippen LogP contribution in [0, 0.1) is 0 Å². The Kier molecular flexibility index (Phi) is 5.24. The molecule has 4 heteroatoms. The van der Waals surface area contributed by atoms with Crippen LogP contribution in [-0.2, 0) is 19.6 Å². The van der Waals surface area contributed by atoms with Crippen LogP contribution in [0.25, 0.3) is 21.8 Å². The molecule has 124 valence electrons. The van der Waals surface area contributed by atoms with E-state index >= 15 is 0 Å². The van der Waals surface area contributed by atoms with Crippen LogP contribution in [0.5, 0.6) is 0 Å². The highest BCUT2D eigenvalue weighted by atomic mass is 35.5. The number of thiophene rings is 1. The first-order valence-corrected chi connectivity index (χ1v) is 8.97. The molecule has 0 aliphatic heterocycles. The van der Waals surface area contributed by atoms with Gasteiger partial charge in [0, 0.05) is 46.3 Å². The van der Waals surface area contributed by atoms with E-state index < -0.39 is 0 Å². The van der Waals surface area contributed by atoms with Gasteiger partial charge in [0.15, 0.2) is 0 Å². The third kappa shape index (κ3) is 3.07. The van der Waals surface area contributed by atoms with E-state index in [0.717, 1.165) is 19.6 Å². The van der Waals surface area contributed by atoms with Crippen molar-refractivity contribution in [3.8, 4) is 0 Å². The summed E-state index contributed by atoms with van der Waals surface area (Å²) in [5, 5.41) is 8.38. The third-order valence-corrected chi connectivity index (χ3v) is 5.24. The molecule has 2 nitrogen and oxygen atoms in total. The first kappa shape index (κ1) is 17.0. The smallest absolute Gasteiger partial charge is 0.0491 e. The molecule has 24 heavy (non-hydrogen) atoms. The first-order valence-electron chi connectivity index (χ1n) is 8.10. The van der Waals surface area contributed by atoms with E-state index in [2.05, 4.69) is 76.8 Å². The van der Waals surface area contributed by atoms with Crippen LogP contribution in [0.4, 0.5) is 0 Å². The molecular weight excluding hydrogens is 336 g/mol. The number of benzene rings is 2. The lowest BCUT2D eigenvalue weighted by atomic mass is 10.1. The SMILES string of the molecule is CCn1c2ccccc2c2cc(CNCc3cccs3)ccc21.[Cl-]. The summed E-state index contributed by atoms with van der Waals surface area (Å²) in [6.45, 7) is 5.05. The van der Waals surface area contributed by atoms with Crippen LogP contribution in [0.2, 0.25) is 0 Å². The van der Waals surface area contributed by atoms with Crippen molar-refractivity contribution in [2.45, 2.75) is 26.6 Å². The average molecular weight is 356 g/mol. The maximum Gasteiger partial charge on any atom is 0.0491 e.